The summed E-state index contributed by atoms with van der Waals surface area (Å²) in [7, 11) is 0. The van der Waals surface area contributed by atoms with E-state index in [-0.39, 0.29) is 5.97 Å². The van der Waals surface area contributed by atoms with Gasteiger partial charge < -0.3 is 9.47 Å². The molecule has 0 bridgehead atoms. The maximum absolute atomic E-state index is 11.5. The van der Waals surface area contributed by atoms with Crippen molar-refractivity contribution in [3.63, 3.8) is 0 Å². The molecule has 2 aromatic carbocycles. The van der Waals surface area contributed by atoms with E-state index in [4.69, 9.17) is 9.47 Å². The van der Waals surface area contributed by atoms with Crippen LogP contribution in [-0.2, 0) is 20.7 Å². The third-order valence-electron chi connectivity index (χ3n) is 3.86. The number of aryl methyl sites for hydroxylation is 1. The molecule has 0 aromatic heterocycles. The van der Waals surface area contributed by atoms with Crippen molar-refractivity contribution in [2.75, 3.05) is 6.61 Å². The fourth-order valence-electron chi connectivity index (χ4n) is 2.34. The minimum absolute atomic E-state index is 0.155. The molecule has 0 unspecified atom stereocenters. The number of carbonyl (C=O) groups excluding carboxylic acids is 2. The van der Waals surface area contributed by atoms with Crippen LogP contribution in [0.25, 0.3) is 11.1 Å². The zero-order chi connectivity index (χ0) is 18.9. The zero-order valence-corrected chi connectivity index (χ0v) is 15.3. The molecule has 0 heterocycles. The molecule has 2 rings (SSSR count). The molecule has 0 aliphatic carbocycles. The summed E-state index contributed by atoms with van der Waals surface area (Å²) < 4.78 is 10.3. The normalized spacial score (nSPS) is 10.2. The molecular formula is C22H24O4. The molecule has 0 atom stereocenters. The minimum atomic E-state index is -0.424. The molecule has 26 heavy (non-hydrogen) atoms. The van der Waals surface area contributed by atoms with Crippen molar-refractivity contribution in [1.82, 2.24) is 0 Å². The number of rotatable bonds is 8. The van der Waals surface area contributed by atoms with Gasteiger partial charge in [-0.2, -0.15) is 0 Å². The van der Waals surface area contributed by atoms with Gasteiger partial charge in [-0.25, -0.2) is 4.79 Å². The summed E-state index contributed by atoms with van der Waals surface area (Å²) in [6.45, 7) is 7.43. The second-order valence-corrected chi connectivity index (χ2v) is 6.07. The fraction of sp³-hybridized carbons (Fsp3) is 0.273. The number of hydrogen-bond donors (Lipinski definition) is 0. The third kappa shape index (κ3) is 5.88. The van der Waals surface area contributed by atoms with Crippen molar-refractivity contribution in [2.45, 2.75) is 33.1 Å². The van der Waals surface area contributed by atoms with Gasteiger partial charge in [-0.15, -0.1) is 0 Å². The number of hydrogen-bond acceptors (Lipinski definition) is 4. The van der Waals surface area contributed by atoms with Crippen molar-refractivity contribution in [3.8, 4) is 16.9 Å². The van der Waals surface area contributed by atoms with Gasteiger partial charge >= 0.3 is 11.9 Å². The van der Waals surface area contributed by atoms with Gasteiger partial charge in [0.2, 0.25) is 0 Å². The summed E-state index contributed by atoms with van der Waals surface area (Å²) in [5, 5.41) is 0. The molecule has 136 valence electrons. The first kappa shape index (κ1) is 19.4. The molecule has 4 heteroatoms. The summed E-state index contributed by atoms with van der Waals surface area (Å²) in [6, 6.07) is 15.6. The quantitative estimate of drug-likeness (QED) is 0.298. The van der Waals surface area contributed by atoms with E-state index in [1.807, 2.05) is 12.1 Å². The summed E-state index contributed by atoms with van der Waals surface area (Å²) in [5.41, 5.74) is 3.70. The highest BCUT2D eigenvalue weighted by Gasteiger charge is 2.06. The van der Waals surface area contributed by atoms with Gasteiger partial charge in [0.05, 0.1) is 6.61 Å². The molecule has 0 saturated heterocycles. The Kier molecular flexibility index (Phi) is 7.15. The van der Waals surface area contributed by atoms with Crippen molar-refractivity contribution in [3.05, 3.63) is 66.2 Å². The van der Waals surface area contributed by atoms with Crippen LogP contribution in [0.2, 0.25) is 0 Å². The molecule has 0 fully saturated rings. The van der Waals surface area contributed by atoms with Crippen LogP contribution in [0.1, 0.15) is 32.3 Å². The van der Waals surface area contributed by atoms with E-state index < -0.39 is 5.97 Å². The van der Waals surface area contributed by atoms with Crippen LogP contribution in [0, 0.1) is 0 Å². The SMILES string of the molecule is C=C(C)C(=O)Oc1ccc(-c2ccc(CCCOC(=O)CC)cc2)cc1. The maximum atomic E-state index is 11.5. The Bertz CT molecular complexity index is 758. The van der Waals surface area contributed by atoms with Gasteiger partial charge in [0.25, 0.3) is 0 Å². The maximum Gasteiger partial charge on any atom is 0.338 e. The first-order chi connectivity index (χ1) is 12.5. The van der Waals surface area contributed by atoms with E-state index in [0.717, 1.165) is 24.0 Å². The summed E-state index contributed by atoms with van der Waals surface area (Å²) in [6.07, 6.45) is 2.10. The Morgan fingerprint density at radius 2 is 1.54 bits per heavy atom. The standard InChI is InChI=1S/C22H24O4/c1-4-21(23)25-15-5-6-17-7-9-18(10-8-17)19-11-13-20(14-12-19)26-22(24)16(2)3/h7-14H,2,4-6,15H2,1,3H3. The zero-order valence-electron chi connectivity index (χ0n) is 15.3. The van der Waals surface area contributed by atoms with Gasteiger partial charge in [0.1, 0.15) is 5.75 Å². The Balaban J connectivity index is 1.90. The van der Waals surface area contributed by atoms with Crippen molar-refractivity contribution in [2.24, 2.45) is 0 Å². The molecule has 2 aromatic rings. The number of benzene rings is 2. The van der Waals surface area contributed by atoms with E-state index in [2.05, 4.69) is 30.8 Å². The van der Waals surface area contributed by atoms with Crippen LogP contribution < -0.4 is 4.74 Å². The van der Waals surface area contributed by atoms with Gasteiger partial charge in [0, 0.05) is 12.0 Å². The molecule has 0 spiro atoms. The van der Waals surface area contributed by atoms with Crippen molar-refractivity contribution >= 4 is 11.9 Å². The monoisotopic (exact) mass is 352 g/mol. The first-order valence-corrected chi connectivity index (χ1v) is 8.72. The third-order valence-corrected chi connectivity index (χ3v) is 3.86. The smallest absolute Gasteiger partial charge is 0.338 e. The summed E-state index contributed by atoms with van der Waals surface area (Å²) >= 11 is 0. The van der Waals surface area contributed by atoms with Crippen LogP contribution in [0.5, 0.6) is 5.75 Å². The first-order valence-electron chi connectivity index (χ1n) is 8.72. The van der Waals surface area contributed by atoms with Crippen LogP contribution in [0.4, 0.5) is 0 Å². The Hall–Kier alpha value is -2.88. The molecule has 0 aliphatic rings. The van der Waals surface area contributed by atoms with E-state index >= 15 is 0 Å². The lowest BCUT2D eigenvalue weighted by Gasteiger charge is -2.07. The van der Waals surface area contributed by atoms with E-state index in [1.165, 1.54) is 5.56 Å². The van der Waals surface area contributed by atoms with E-state index in [9.17, 15) is 9.59 Å². The predicted molar refractivity (Wildman–Crippen MR) is 102 cm³/mol. The average molecular weight is 352 g/mol. The van der Waals surface area contributed by atoms with Crippen LogP contribution in [-0.4, -0.2) is 18.5 Å². The Labute approximate surface area is 154 Å². The molecule has 0 radical (unpaired) electrons. The largest absolute Gasteiger partial charge is 0.466 e. The second kappa shape index (κ2) is 9.56. The molecule has 0 amide bonds. The minimum Gasteiger partial charge on any atom is -0.466 e. The highest BCUT2D eigenvalue weighted by Crippen LogP contribution is 2.23. The molecule has 0 N–H and O–H groups in total. The average Bonchev–Trinajstić information content (AvgIpc) is 2.66. The van der Waals surface area contributed by atoms with Gasteiger partial charge in [-0.3, -0.25) is 4.79 Å². The topological polar surface area (TPSA) is 52.6 Å². The van der Waals surface area contributed by atoms with E-state index in [1.54, 1.807) is 26.0 Å². The number of carbonyl (C=O) groups is 2. The van der Waals surface area contributed by atoms with Crippen molar-refractivity contribution < 1.29 is 19.1 Å². The van der Waals surface area contributed by atoms with Crippen LogP contribution in [0.15, 0.2) is 60.7 Å². The van der Waals surface area contributed by atoms with Gasteiger partial charge in [-0.05, 0) is 48.6 Å². The highest BCUT2D eigenvalue weighted by atomic mass is 16.5. The van der Waals surface area contributed by atoms with Crippen LogP contribution in [0.3, 0.4) is 0 Å². The lowest BCUT2D eigenvalue weighted by Crippen LogP contribution is -2.07. The van der Waals surface area contributed by atoms with E-state index in [0.29, 0.717) is 24.4 Å². The lowest BCUT2D eigenvalue weighted by atomic mass is 10.0. The number of esters is 2. The van der Waals surface area contributed by atoms with Gasteiger partial charge in [-0.1, -0.05) is 49.9 Å². The Morgan fingerprint density at radius 3 is 2.08 bits per heavy atom. The van der Waals surface area contributed by atoms with Crippen LogP contribution >= 0.6 is 0 Å². The summed E-state index contributed by atoms with van der Waals surface area (Å²) in [5.74, 6) is -0.0792. The fourth-order valence-corrected chi connectivity index (χ4v) is 2.34. The molecular weight excluding hydrogens is 328 g/mol. The van der Waals surface area contributed by atoms with Crippen molar-refractivity contribution in [1.29, 1.82) is 0 Å². The molecule has 0 saturated carbocycles. The summed E-state index contributed by atoms with van der Waals surface area (Å²) in [4.78, 5) is 22.6. The predicted octanol–water partition coefficient (Wildman–Crippen LogP) is 4.72. The number of ether oxygens (including phenoxy) is 2. The lowest BCUT2D eigenvalue weighted by molar-refractivity contribution is -0.143. The highest BCUT2D eigenvalue weighted by molar-refractivity contribution is 5.88. The molecule has 4 nitrogen and oxygen atoms in total. The molecule has 0 aliphatic heterocycles. The second-order valence-electron chi connectivity index (χ2n) is 6.07. The Morgan fingerprint density at radius 1 is 0.962 bits per heavy atom. The van der Waals surface area contributed by atoms with Gasteiger partial charge in [0.15, 0.2) is 0 Å².